The molecule has 4 aromatic rings. The van der Waals surface area contributed by atoms with Crippen molar-refractivity contribution in [3.8, 4) is 33.6 Å². The molecule has 5 rings (SSSR count). The van der Waals surface area contributed by atoms with Crippen molar-refractivity contribution in [2.24, 2.45) is 7.05 Å². The highest BCUT2D eigenvalue weighted by atomic mass is 32.2. The van der Waals surface area contributed by atoms with Gasteiger partial charge in [0.05, 0.1) is 24.7 Å². The van der Waals surface area contributed by atoms with E-state index in [0.717, 1.165) is 53.5 Å². The maximum absolute atomic E-state index is 11.6. The van der Waals surface area contributed by atoms with Gasteiger partial charge in [0.1, 0.15) is 0 Å². The zero-order valence-corrected chi connectivity index (χ0v) is 20.0. The Hall–Kier alpha value is -3.37. The van der Waals surface area contributed by atoms with Gasteiger partial charge >= 0.3 is 0 Å². The molecule has 1 N–H and O–H groups in total. The van der Waals surface area contributed by atoms with Gasteiger partial charge in [0.2, 0.25) is 10.0 Å². The van der Waals surface area contributed by atoms with Crippen LogP contribution in [0.25, 0.3) is 33.6 Å². The van der Waals surface area contributed by atoms with E-state index < -0.39 is 10.0 Å². The van der Waals surface area contributed by atoms with Crippen molar-refractivity contribution in [1.82, 2.24) is 34.3 Å². The molecule has 1 aromatic carbocycles. The molecule has 9 nitrogen and oxygen atoms in total. The number of benzene rings is 1. The van der Waals surface area contributed by atoms with Crippen LogP contribution in [0.3, 0.4) is 0 Å². The van der Waals surface area contributed by atoms with Crippen LogP contribution in [0.15, 0.2) is 61.4 Å². The minimum absolute atomic E-state index is 0.0496. The fraction of sp³-hybridized carbons (Fsp3) is 0.333. The normalized spacial score (nSPS) is 18.8. The van der Waals surface area contributed by atoms with Gasteiger partial charge in [-0.25, -0.2) is 23.1 Å². The van der Waals surface area contributed by atoms with Crippen LogP contribution >= 0.6 is 0 Å². The number of nitrogens with one attached hydrogen (secondary N) is 1. The highest BCUT2D eigenvalue weighted by molar-refractivity contribution is 7.88. The van der Waals surface area contributed by atoms with Gasteiger partial charge in [0.25, 0.3) is 0 Å². The molecule has 3 aromatic heterocycles. The highest BCUT2D eigenvalue weighted by Gasteiger charge is 2.26. The lowest BCUT2D eigenvalue weighted by atomic mass is 9.92. The average Bonchev–Trinajstić information content (AvgIpc) is 3.48. The van der Waals surface area contributed by atoms with Gasteiger partial charge in [-0.2, -0.15) is 10.2 Å². The summed E-state index contributed by atoms with van der Waals surface area (Å²) in [5, 5.41) is 8.79. The third-order valence-corrected chi connectivity index (χ3v) is 6.91. The Labute approximate surface area is 198 Å². The molecule has 0 amide bonds. The molecular weight excluding hydrogens is 450 g/mol. The van der Waals surface area contributed by atoms with Crippen LogP contribution in [-0.4, -0.2) is 50.2 Å². The molecule has 0 bridgehead atoms. The molecule has 1 aliphatic rings. The van der Waals surface area contributed by atoms with Crippen LogP contribution in [0.2, 0.25) is 0 Å². The van der Waals surface area contributed by atoms with E-state index >= 15 is 0 Å². The number of hydrogen-bond acceptors (Lipinski definition) is 6. The largest absolute Gasteiger partial charge is 0.275 e. The van der Waals surface area contributed by atoms with Crippen molar-refractivity contribution in [2.75, 3.05) is 6.26 Å². The van der Waals surface area contributed by atoms with E-state index in [1.807, 2.05) is 67.1 Å². The van der Waals surface area contributed by atoms with E-state index in [1.165, 1.54) is 6.26 Å². The molecule has 0 spiro atoms. The van der Waals surface area contributed by atoms with E-state index in [4.69, 9.17) is 0 Å². The van der Waals surface area contributed by atoms with Crippen LogP contribution < -0.4 is 4.72 Å². The molecule has 0 unspecified atom stereocenters. The molecule has 1 fully saturated rings. The summed E-state index contributed by atoms with van der Waals surface area (Å²) in [7, 11) is -1.31. The Balaban J connectivity index is 1.31. The minimum Gasteiger partial charge on any atom is -0.275 e. The van der Waals surface area contributed by atoms with E-state index in [0.29, 0.717) is 5.82 Å². The molecule has 0 radical (unpaired) electrons. The third-order valence-electron chi connectivity index (χ3n) is 6.15. The Morgan fingerprint density at radius 1 is 0.912 bits per heavy atom. The lowest BCUT2D eigenvalue weighted by Gasteiger charge is -2.29. The molecule has 0 aliphatic heterocycles. The first kappa shape index (κ1) is 22.4. The monoisotopic (exact) mass is 477 g/mol. The maximum Gasteiger partial charge on any atom is 0.208 e. The minimum atomic E-state index is -3.21. The standard InChI is InChI=1S/C24H27N7O2S/c1-30-15-20(13-27-30)17-5-3-6-18(9-17)24-25-11-19(12-26-24)21-14-28-31(16-21)23-8-4-7-22(10-23)29-34(2,32)33/h3,5-6,9,11-16,22-23,29H,4,7-8,10H2,1-2H3/t22-,23+/m1/s1. The summed E-state index contributed by atoms with van der Waals surface area (Å²) in [4.78, 5) is 9.19. The second kappa shape index (κ2) is 9.11. The number of hydrogen-bond donors (Lipinski definition) is 1. The predicted octanol–water partition coefficient (Wildman–Crippen LogP) is 3.44. The van der Waals surface area contributed by atoms with E-state index in [1.54, 1.807) is 4.68 Å². The predicted molar refractivity (Wildman–Crippen MR) is 130 cm³/mol. The molecule has 10 heteroatoms. The zero-order chi connectivity index (χ0) is 23.7. The van der Waals surface area contributed by atoms with Crippen LogP contribution in [0.4, 0.5) is 0 Å². The van der Waals surface area contributed by atoms with Crippen LogP contribution in [0.5, 0.6) is 0 Å². The van der Waals surface area contributed by atoms with Crippen molar-refractivity contribution in [3.05, 3.63) is 61.4 Å². The maximum atomic E-state index is 11.6. The van der Waals surface area contributed by atoms with Crippen LogP contribution in [-0.2, 0) is 17.1 Å². The quantitative estimate of drug-likeness (QED) is 0.456. The Morgan fingerprint density at radius 2 is 1.65 bits per heavy atom. The zero-order valence-electron chi connectivity index (χ0n) is 19.2. The summed E-state index contributed by atoms with van der Waals surface area (Å²) in [6.45, 7) is 0. The van der Waals surface area contributed by atoms with E-state index in [-0.39, 0.29) is 12.1 Å². The summed E-state index contributed by atoms with van der Waals surface area (Å²) in [5.74, 6) is 0.656. The summed E-state index contributed by atoms with van der Waals surface area (Å²) >= 11 is 0. The second-order valence-electron chi connectivity index (χ2n) is 8.90. The lowest BCUT2D eigenvalue weighted by molar-refractivity contribution is 0.289. The first-order valence-corrected chi connectivity index (χ1v) is 13.2. The van der Waals surface area contributed by atoms with Crippen LogP contribution in [0, 0.1) is 0 Å². The number of nitrogens with zero attached hydrogens (tertiary/aromatic N) is 6. The Morgan fingerprint density at radius 3 is 2.38 bits per heavy atom. The molecule has 3 heterocycles. The number of aromatic nitrogens is 6. The molecular formula is C24H27N7O2S. The van der Waals surface area contributed by atoms with Crippen molar-refractivity contribution in [3.63, 3.8) is 0 Å². The van der Waals surface area contributed by atoms with Gasteiger partial charge in [-0.15, -0.1) is 0 Å². The fourth-order valence-corrected chi connectivity index (χ4v) is 5.35. The number of aryl methyl sites for hydroxylation is 1. The van der Waals surface area contributed by atoms with Crippen molar-refractivity contribution in [2.45, 2.75) is 37.8 Å². The van der Waals surface area contributed by atoms with Gasteiger partial charge in [-0.05, 0) is 37.3 Å². The van der Waals surface area contributed by atoms with Gasteiger partial charge in [-0.1, -0.05) is 18.2 Å². The summed E-state index contributed by atoms with van der Waals surface area (Å²) in [6.07, 6.45) is 16.0. The summed E-state index contributed by atoms with van der Waals surface area (Å²) < 4.78 is 29.7. The van der Waals surface area contributed by atoms with Crippen LogP contribution in [0.1, 0.15) is 31.7 Å². The molecule has 176 valence electrons. The first-order valence-electron chi connectivity index (χ1n) is 11.3. The SMILES string of the molecule is Cn1cc(-c2cccc(-c3ncc(-c4cnn([C@H]5CCC[C@@H](NS(C)(=O)=O)C5)c4)cn3)c2)cn1. The van der Waals surface area contributed by atoms with Gasteiger partial charge in [0, 0.05) is 60.1 Å². The highest BCUT2D eigenvalue weighted by Crippen LogP contribution is 2.30. The summed E-state index contributed by atoms with van der Waals surface area (Å²) in [5.41, 5.74) is 4.88. The van der Waals surface area contributed by atoms with E-state index in [9.17, 15) is 8.42 Å². The molecule has 0 saturated heterocycles. The Bertz CT molecular complexity index is 1390. The first-order chi connectivity index (χ1) is 16.3. The number of sulfonamides is 1. The second-order valence-corrected chi connectivity index (χ2v) is 10.7. The third kappa shape index (κ3) is 5.07. The lowest BCUT2D eigenvalue weighted by Crippen LogP contribution is -2.38. The van der Waals surface area contributed by atoms with E-state index in [2.05, 4.69) is 31.0 Å². The average molecular weight is 478 g/mol. The van der Waals surface area contributed by atoms with Gasteiger partial charge in [-0.3, -0.25) is 9.36 Å². The molecule has 34 heavy (non-hydrogen) atoms. The van der Waals surface area contributed by atoms with Gasteiger partial charge in [0.15, 0.2) is 5.82 Å². The van der Waals surface area contributed by atoms with Crippen molar-refractivity contribution in [1.29, 1.82) is 0 Å². The molecule has 1 aliphatic carbocycles. The summed E-state index contributed by atoms with van der Waals surface area (Å²) in [6, 6.07) is 8.22. The van der Waals surface area contributed by atoms with Crippen molar-refractivity contribution >= 4 is 10.0 Å². The Kier molecular flexibility index (Phi) is 6.01. The smallest absolute Gasteiger partial charge is 0.208 e. The number of rotatable bonds is 6. The van der Waals surface area contributed by atoms with Crippen molar-refractivity contribution < 1.29 is 8.42 Å². The molecule has 2 atom stereocenters. The fourth-order valence-electron chi connectivity index (χ4n) is 4.54. The topological polar surface area (TPSA) is 108 Å². The van der Waals surface area contributed by atoms with Gasteiger partial charge < -0.3 is 0 Å². The molecule has 1 saturated carbocycles.